The van der Waals surface area contributed by atoms with Crippen molar-refractivity contribution in [1.29, 1.82) is 0 Å². The first-order chi connectivity index (χ1) is 13.1. The number of esters is 1. The Kier molecular flexibility index (Phi) is 4.32. The smallest absolute Gasteiger partial charge is 0.314 e. The predicted molar refractivity (Wildman–Crippen MR) is 97.3 cm³/mol. The molecule has 6 heteroatoms. The zero-order chi connectivity index (χ0) is 19.0. The van der Waals surface area contributed by atoms with Crippen molar-refractivity contribution in [3.8, 4) is 23.0 Å². The van der Waals surface area contributed by atoms with E-state index in [0.29, 0.717) is 34.1 Å². The summed E-state index contributed by atoms with van der Waals surface area (Å²) in [6, 6.07) is 10.1. The van der Waals surface area contributed by atoms with Gasteiger partial charge in [0.15, 0.2) is 5.76 Å². The molecule has 27 heavy (non-hydrogen) atoms. The molecule has 0 atom stereocenters. The van der Waals surface area contributed by atoms with Gasteiger partial charge in [0.1, 0.15) is 23.0 Å². The van der Waals surface area contributed by atoms with E-state index < -0.39 is 0 Å². The van der Waals surface area contributed by atoms with E-state index in [0.717, 1.165) is 12.8 Å². The van der Waals surface area contributed by atoms with Crippen molar-refractivity contribution in [1.82, 2.24) is 0 Å². The van der Waals surface area contributed by atoms with Crippen LogP contribution in [0.5, 0.6) is 23.0 Å². The SMILES string of the molecule is COc1ccc(/C=C2\Oc3cc(OC(=O)C4CC4)ccc3C2=O)c(OC)c1. The molecule has 2 aromatic rings. The lowest BCUT2D eigenvalue weighted by Crippen LogP contribution is -2.09. The third-order valence-corrected chi connectivity index (χ3v) is 4.50. The molecule has 0 spiro atoms. The fourth-order valence-electron chi connectivity index (χ4n) is 2.83. The number of Topliss-reactive ketones (excluding diaryl/α,β-unsaturated/α-hetero) is 1. The lowest BCUT2D eigenvalue weighted by atomic mass is 10.1. The Morgan fingerprint density at radius 2 is 1.85 bits per heavy atom. The molecule has 0 radical (unpaired) electrons. The van der Waals surface area contributed by atoms with Crippen molar-refractivity contribution >= 4 is 17.8 Å². The Morgan fingerprint density at radius 1 is 1.07 bits per heavy atom. The Morgan fingerprint density at radius 3 is 2.56 bits per heavy atom. The molecule has 4 rings (SSSR count). The Hall–Kier alpha value is -3.28. The quantitative estimate of drug-likeness (QED) is 0.457. The highest BCUT2D eigenvalue weighted by Crippen LogP contribution is 2.37. The molecule has 0 amide bonds. The molecule has 0 aromatic heterocycles. The highest BCUT2D eigenvalue weighted by molar-refractivity contribution is 6.14. The van der Waals surface area contributed by atoms with Gasteiger partial charge in [-0.25, -0.2) is 0 Å². The monoisotopic (exact) mass is 366 g/mol. The van der Waals surface area contributed by atoms with E-state index in [9.17, 15) is 9.59 Å². The minimum Gasteiger partial charge on any atom is -0.497 e. The summed E-state index contributed by atoms with van der Waals surface area (Å²) >= 11 is 0. The van der Waals surface area contributed by atoms with Gasteiger partial charge in [0, 0.05) is 17.7 Å². The summed E-state index contributed by atoms with van der Waals surface area (Å²) in [4.78, 5) is 24.4. The zero-order valence-corrected chi connectivity index (χ0v) is 15.0. The summed E-state index contributed by atoms with van der Waals surface area (Å²) in [5.41, 5.74) is 1.12. The number of allylic oxidation sites excluding steroid dienone is 1. The molecule has 1 aliphatic heterocycles. The Balaban J connectivity index is 1.59. The summed E-state index contributed by atoms with van der Waals surface area (Å²) in [5.74, 6) is 1.67. The van der Waals surface area contributed by atoms with E-state index in [1.165, 1.54) is 0 Å². The molecule has 2 aromatic carbocycles. The molecule has 6 nitrogen and oxygen atoms in total. The second-order valence-corrected chi connectivity index (χ2v) is 6.40. The van der Waals surface area contributed by atoms with E-state index >= 15 is 0 Å². The maximum absolute atomic E-state index is 12.6. The number of benzene rings is 2. The zero-order valence-electron chi connectivity index (χ0n) is 15.0. The maximum Gasteiger partial charge on any atom is 0.314 e. The van der Waals surface area contributed by atoms with Crippen LogP contribution in [0.25, 0.3) is 6.08 Å². The molecule has 1 heterocycles. The van der Waals surface area contributed by atoms with Gasteiger partial charge in [-0.05, 0) is 43.2 Å². The Labute approximate surface area is 156 Å². The van der Waals surface area contributed by atoms with Crippen LogP contribution in [-0.4, -0.2) is 26.0 Å². The molecule has 0 unspecified atom stereocenters. The van der Waals surface area contributed by atoms with Crippen LogP contribution in [-0.2, 0) is 4.79 Å². The minimum absolute atomic E-state index is 0.00111. The fourth-order valence-corrected chi connectivity index (χ4v) is 2.83. The molecule has 2 aliphatic rings. The van der Waals surface area contributed by atoms with Gasteiger partial charge in [-0.3, -0.25) is 9.59 Å². The standard InChI is InChI=1S/C21H18O6/c1-24-14-6-5-13(17(10-14)25-2)9-19-20(22)16-8-7-15(11-18(16)27-19)26-21(23)12-3-4-12/h5-12H,3-4H2,1-2H3/b19-9-. The first-order valence-electron chi connectivity index (χ1n) is 8.61. The third kappa shape index (κ3) is 3.38. The molecule has 1 saturated carbocycles. The topological polar surface area (TPSA) is 71.1 Å². The van der Waals surface area contributed by atoms with Gasteiger partial charge >= 0.3 is 5.97 Å². The van der Waals surface area contributed by atoms with Crippen molar-refractivity contribution in [2.45, 2.75) is 12.8 Å². The van der Waals surface area contributed by atoms with Crippen LogP contribution in [0.4, 0.5) is 0 Å². The Bertz CT molecular complexity index is 955. The second kappa shape index (κ2) is 6.79. The number of hydrogen-bond donors (Lipinski definition) is 0. The van der Waals surface area contributed by atoms with Gasteiger partial charge in [-0.1, -0.05) is 0 Å². The molecule has 138 valence electrons. The number of ketones is 1. The average molecular weight is 366 g/mol. The van der Waals surface area contributed by atoms with E-state index in [2.05, 4.69) is 0 Å². The van der Waals surface area contributed by atoms with Crippen molar-refractivity contribution < 1.29 is 28.5 Å². The molecular weight excluding hydrogens is 348 g/mol. The number of ether oxygens (including phenoxy) is 4. The van der Waals surface area contributed by atoms with E-state index in [4.69, 9.17) is 18.9 Å². The second-order valence-electron chi connectivity index (χ2n) is 6.40. The van der Waals surface area contributed by atoms with Crippen LogP contribution in [0.15, 0.2) is 42.2 Å². The van der Waals surface area contributed by atoms with Crippen molar-refractivity contribution in [2.75, 3.05) is 14.2 Å². The molecule has 1 fully saturated rings. The molecule has 0 bridgehead atoms. The van der Waals surface area contributed by atoms with Gasteiger partial charge < -0.3 is 18.9 Å². The summed E-state index contributed by atoms with van der Waals surface area (Å²) in [6.45, 7) is 0. The van der Waals surface area contributed by atoms with Crippen LogP contribution in [0, 0.1) is 5.92 Å². The summed E-state index contributed by atoms with van der Waals surface area (Å²) in [5, 5.41) is 0. The van der Waals surface area contributed by atoms with Gasteiger partial charge in [0.25, 0.3) is 0 Å². The van der Waals surface area contributed by atoms with Gasteiger partial charge in [-0.15, -0.1) is 0 Å². The van der Waals surface area contributed by atoms with E-state index in [1.807, 2.05) is 0 Å². The molecular formula is C21H18O6. The van der Waals surface area contributed by atoms with Gasteiger partial charge in [0.2, 0.25) is 5.78 Å². The van der Waals surface area contributed by atoms with Crippen LogP contribution >= 0.6 is 0 Å². The normalized spacial score (nSPS) is 16.7. The number of fused-ring (bicyclic) bond motifs is 1. The lowest BCUT2D eigenvalue weighted by Gasteiger charge is -2.08. The highest BCUT2D eigenvalue weighted by atomic mass is 16.5. The van der Waals surface area contributed by atoms with E-state index in [-0.39, 0.29) is 23.4 Å². The average Bonchev–Trinajstić information content (AvgIpc) is 3.48. The third-order valence-electron chi connectivity index (χ3n) is 4.50. The summed E-state index contributed by atoms with van der Waals surface area (Å²) in [6.07, 6.45) is 3.36. The molecule has 0 N–H and O–H groups in total. The largest absolute Gasteiger partial charge is 0.497 e. The first kappa shape index (κ1) is 17.1. The number of carbonyl (C=O) groups excluding carboxylic acids is 2. The van der Waals surface area contributed by atoms with Gasteiger partial charge in [-0.2, -0.15) is 0 Å². The number of rotatable bonds is 5. The summed E-state index contributed by atoms with van der Waals surface area (Å²) in [7, 11) is 3.12. The number of methoxy groups -OCH3 is 2. The van der Waals surface area contributed by atoms with Crippen molar-refractivity contribution in [3.05, 3.63) is 53.3 Å². The van der Waals surface area contributed by atoms with E-state index in [1.54, 1.807) is 56.7 Å². The first-order valence-corrected chi connectivity index (χ1v) is 8.61. The highest BCUT2D eigenvalue weighted by Gasteiger charge is 2.33. The molecule has 0 saturated heterocycles. The van der Waals surface area contributed by atoms with Crippen molar-refractivity contribution in [3.63, 3.8) is 0 Å². The van der Waals surface area contributed by atoms with Crippen LogP contribution in [0.2, 0.25) is 0 Å². The van der Waals surface area contributed by atoms with Gasteiger partial charge in [0.05, 0.1) is 25.7 Å². The number of hydrogen-bond acceptors (Lipinski definition) is 6. The number of carbonyl (C=O) groups is 2. The van der Waals surface area contributed by atoms with Crippen LogP contribution in [0.1, 0.15) is 28.8 Å². The predicted octanol–water partition coefficient (Wildman–Crippen LogP) is 3.64. The molecule has 1 aliphatic carbocycles. The minimum atomic E-state index is -0.238. The fraction of sp³-hybridized carbons (Fsp3) is 0.238. The van der Waals surface area contributed by atoms with Crippen molar-refractivity contribution in [2.24, 2.45) is 5.92 Å². The summed E-state index contributed by atoms with van der Waals surface area (Å²) < 4.78 is 21.6. The lowest BCUT2D eigenvalue weighted by molar-refractivity contribution is -0.135. The van der Waals surface area contributed by atoms with Crippen LogP contribution < -0.4 is 18.9 Å². The van der Waals surface area contributed by atoms with Crippen LogP contribution in [0.3, 0.4) is 0 Å². The maximum atomic E-state index is 12.6.